The standard InChI is InChI=1S/C17H24N4O3/c1-12(15-6-5-14(23-3)9-16(15)24-4)20-17(22)18-8-7-13-10-19-21(2)11-13/h5-6,9-12H,7-8H2,1-4H3,(H2,18,20,22)/t12-/m0/s1. The van der Waals surface area contributed by atoms with Crippen molar-refractivity contribution in [2.24, 2.45) is 7.05 Å². The third-order valence-corrected chi connectivity index (χ3v) is 3.71. The van der Waals surface area contributed by atoms with E-state index in [1.807, 2.05) is 32.3 Å². The first-order valence-electron chi connectivity index (χ1n) is 7.77. The summed E-state index contributed by atoms with van der Waals surface area (Å²) in [4.78, 5) is 12.0. The average molecular weight is 332 g/mol. The van der Waals surface area contributed by atoms with E-state index >= 15 is 0 Å². The van der Waals surface area contributed by atoms with Crippen LogP contribution in [0.25, 0.3) is 0 Å². The van der Waals surface area contributed by atoms with Crippen molar-refractivity contribution < 1.29 is 14.3 Å². The second-order valence-electron chi connectivity index (χ2n) is 5.50. The van der Waals surface area contributed by atoms with Gasteiger partial charge in [-0.3, -0.25) is 4.68 Å². The smallest absolute Gasteiger partial charge is 0.315 e. The van der Waals surface area contributed by atoms with Gasteiger partial charge in [0.1, 0.15) is 11.5 Å². The molecule has 2 N–H and O–H groups in total. The number of hydrogen-bond acceptors (Lipinski definition) is 4. The van der Waals surface area contributed by atoms with E-state index in [1.165, 1.54) is 0 Å². The highest BCUT2D eigenvalue weighted by Crippen LogP contribution is 2.29. The summed E-state index contributed by atoms with van der Waals surface area (Å²) < 4.78 is 12.3. The summed E-state index contributed by atoms with van der Waals surface area (Å²) in [5.41, 5.74) is 1.98. The lowest BCUT2D eigenvalue weighted by Crippen LogP contribution is -2.38. The van der Waals surface area contributed by atoms with Gasteiger partial charge in [0.25, 0.3) is 0 Å². The number of urea groups is 1. The molecule has 0 aliphatic rings. The molecule has 7 nitrogen and oxygen atoms in total. The number of carbonyl (C=O) groups is 1. The van der Waals surface area contributed by atoms with Crippen LogP contribution in [-0.4, -0.2) is 36.6 Å². The summed E-state index contributed by atoms with van der Waals surface area (Å²) in [5.74, 6) is 1.39. The Labute approximate surface area is 142 Å². The minimum Gasteiger partial charge on any atom is -0.497 e. The number of amides is 2. The van der Waals surface area contributed by atoms with Gasteiger partial charge in [-0.2, -0.15) is 5.10 Å². The number of ether oxygens (including phenoxy) is 2. The fraction of sp³-hybridized carbons (Fsp3) is 0.412. The molecule has 0 bridgehead atoms. The SMILES string of the molecule is COc1ccc([C@H](C)NC(=O)NCCc2cnn(C)c2)c(OC)c1. The number of carbonyl (C=O) groups excluding carboxylic acids is 1. The Bertz CT molecular complexity index is 684. The molecule has 0 spiro atoms. The van der Waals surface area contributed by atoms with E-state index in [4.69, 9.17) is 9.47 Å². The Morgan fingerprint density at radius 2 is 2.12 bits per heavy atom. The number of nitrogens with one attached hydrogen (secondary N) is 2. The van der Waals surface area contributed by atoms with Crippen LogP contribution in [0.1, 0.15) is 24.1 Å². The second-order valence-corrected chi connectivity index (χ2v) is 5.50. The van der Waals surface area contributed by atoms with Crippen molar-refractivity contribution in [1.29, 1.82) is 0 Å². The molecular formula is C17H24N4O3. The summed E-state index contributed by atoms with van der Waals surface area (Å²) in [5, 5.41) is 9.86. The summed E-state index contributed by atoms with van der Waals surface area (Å²) in [6.07, 6.45) is 4.47. The molecule has 0 saturated heterocycles. The molecule has 0 fully saturated rings. The van der Waals surface area contributed by atoms with Crippen LogP contribution in [0.4, 0.5) is 4.79 Å². The monoisotopic (exact) mass is 332 g/mol. The zero-order valence-corrected chi connectivity index (χ0v) is 14.5. The van der Waals surface area contributed by atoms with Crippen LogP contribution in [-0.2, 0) is 13.5 Å². The number of rotatable bonds is 7. The van der Waals surface area contributed by atoms with Gasteiger partial charge in [-0.15, -0.1) is 0 Å². The lowest BCUT2D eigenvalue weighted by molar-refractivity contribution is 0.238. The molecule has 1 aromatic heterocycles. The molecule has 1 atom stereocenters. The van der Waals surface area contributed by atoms with Gasteiger partial charge < -0.3 is 20.1 Å². The Kier molecular flexibility index (Phi) is 6.06. The highest BCUT2D eigenvalue weighted by Gasteiger charge is 2.14. The van der Waals surface area contributed by atoms with Crippen LogP contribution in [0, 0.1) is 0 Å². The molecular weight excluding hydrogens is 308 g/mol. The van der Waals surface area contributed by atoms with Gasteiger partial charge in [-0.05, 0) is 31.0 Å². The van der Waals surface area contributed by atoms with Crippen molar-refractivity contribution in [3.8, 4) is 11.5 Å². The quantitative estimate of drug-likeness (QED) is 0.813. The fourth-order valence-electron chi connectivity index (χ4n) is 2.42. The largest absolute Gasteiger partial charge is 0.497 e. The molecule has 2 aromatic rings. The topological polar surface area (TPSA) is 77.4 Å². The highest BCUT2D eigenvalue weighted by atomic mass is 16.5. The normalized spacial score (nSPS) is 11.7. The fourth-order valence-corrected chi connectivity index (χ4v) is 2.42. The summed E-state index contributed by atoms with van der Waals surface area (Å²) >= 11 is 0. The number of nitrogens with zero attached hydrogens (tertiary/aromatic N) is 2. The van der Waals surface area contributed by atoms with Gasteiger partial charge in [0, 0.05) is 31.4 Å². The molecule has 1 heterocycles. The predicted octanol–water partition coefficient (Wildman–Crippen LogP) is 2.04. The van der Waals surface area contributed by atoms with Crippen molar-refractivity contribution in [2.75, 3.05) is 20.8 Å². The first-order valence-corrected chi connectivity index (χ1v) is 7.77. The Balaban J connectivity index is 1.86. The van der Waals surface area contributed by atoms with E-state index in [0.717, 1.165) is 17.5 Å². The lowest BCUT2D eigenvalue weighted by Gasteiger charge is -2.18. The van der Waals surface area contributed by atoms with Crippen LogP contribution in [0.3, 0.4) is 0 Å². The Morgan fingerprint density at radius 1 is 1.33 bits per heavy atom. The van der Waals surface area contributed by atoms with E-state index < -0.39 is 0 Å². The first kappa shape index (κ1) is 17.7. The van der Waals surface area contributed by atoms with Crippen LogP contribution in [0.15, 0.2) is 30.6 Å². The molecule has 2 rings (SSSR count). The Morgan fingerprint density at radius 3 is 2.75 bits per heavy atom. The summed E-state index contributed by atoms with van der Waals surface area (Å²) in [6.45, 7) is 2.45. The molecule has 0 saturated carbocycles. The molecule has 0 unspecified atom stereocenters. The van der Waals surface area contributed by atoms with Crippen molar-refractivity contribution in [2.45, 2.75) is 19.4 Å². The van der Waals surface area contributed by atoms with E-state index in [9.17, 15) is 4.79 Å². The number of aryl methyl sites for hydroxylation is 1. The average Bonchev–Trinajstić information content (AvgIpc) is 2.99. The third kappa shape index (κ3) is 4.65. The number of hydrogen-bond donors (Lipinski definition) is 2. The van der Waals surface area contributed by atoms with E-state index in [0.29, 0.717) is 18.0 Å². The van der Waals surface area contributed by atoms with Crippen molar-refractivity contribution in [1.82, 2.24) is 20.4 Å². The zero-order chi connectivity index (χ0) is 17.5. The van der Waals surface area contributed by atoms with Gasteiger partial charge in [0.05, 0.1) is 26.5 Å². The second kappa shape index (κ2) is 8.24. The van der Waals surface area contributed by atoms with Gasteiger partial charge in [0.2, 0.25) is 0 Å². The molecule has 7 heteroatoms. The summed E-state index contributed by atoms with van der Waals surface area (Å²) in [6, 6.07) is 5.12. The van der Waals surface area contributed by atoms with Gasteiger partial charge >= 0.3 is 6.03 Å². The minimum absolute atomic E-state index is 0.191. The van der Waals surface area contributed by atoms with Crippen LogP contribution >= 0.6 is 0 Å². The number of benzene rings is 1. The predicted molar refractivity (Wildman–Crippen MR) is 91.4 cm³/mol. The maximum absolute atomic E-state index is 12.0. The van der Waals surface area contributed by atoms with Crippen molar-refractivity contribution in [3.63, 3.8) is 0 Å². The first-order chi connectivity index (χ1) is 11.5. The van der Waals surface area contributed by atoms with E-state index in [-0.39, 0.29) is 12.1 Å². The van der Waals surface area contributed by atoms with Crippen molar-refractivity contribution >= 4 is 6.03 Å². The molecule has 1 aromatic carbocycles. The van der Waals surface area contributed by atoms with E-state index in [2.05, 4.69) is 15.7 Å². The number of aromatic nitrogens is 2. The zero-order valence-electron chi connectivity index (χ0n) is 14.5. The van der Waals surface area contributed by atoms with Gasteiger partial charge in [0.15, 0.2) is 0 Å². The van der Waals surface area contributed by atoms with Crippen molar-refractivity contribution in [3.05, 3.63) is 41.7 Å². The van der Waals surface area contributed by atoms with Gasteiger partial charge in [-0.1, -0.05) is 0 Å². The maximum Gasteiger partial charge on any atom is 0.315 e. The van der Waals surface area contributed by atoms with Crippen LogP contribution < -0.4 is 20.1 Å². The van der Waals surface area contributed by atoms with Gasteiger partial charge in [-0.25, -0.2) is 4.79 Å². The lowest BCUT2D eigenvalue weighted by atomic mass is 10.1. The Hall–Kier alpha value is -2.70. The molecule has 0 aliphatic carbocycles. The van der Waals surface area contributed by atoms with Crippen LogP contribution in [0.5, 0.6) is 11.5 Å². The maximum atomic E-state index is 12.0. The summed E-state index contributed by atoms with van der Waals surface area (Å²) in [7, 11) is 5.07. The third-order valence-electron chi connectivity index (χ3n) is 3.71. The molecule has 0 aliphatic heterocycles. The van der Waals surface area contributed by atoms with E-state index in [1.54, 1.807) is 31.2 Å². The molecule has 2 amide bonds. The minimum atomic E-state index is -0.218. The highest BCUT2D eigenvalue weighted by molar-refractivity contribution is 5.74. The molecule has 130 valence electrons. The molecule has 0 radical (unpaired) electrons. The van der Waals surface area contributed by atoms with Crippen LogP contribution in [0.2, 0.25) is 0 Å². The number of methoxy groups -OCH3 is 2. The molecule has 24 heavy (non-hydrogen) atoms.